The molecular weight excluding hydrogens is 413 g/mol. The molecule has 33 heavy (non-hydrogen) atoms. The number of nitrogens with zero attached hydrogens (tertiary/aromatic N) is 3. The molecule has 1 fully saturated rings. The molecule has 2 heterocycles. The number of halogens is 1. The normalized spacial score (nSPS) is 15.6. The Morgan fingerprint density at radius 1 is 1.00 bits per heavy atom. The van der Waals surface area contributed by atoms with Gasteiger partial charge < -0.3 is 9.47 Å². The molecular formula is C28H28FN3O. The molecule has 1 aliphatic heterocycles. The lowest BCUT2D eigenvalue weighted by Crippen LogP contribution is -2.41. The Morgan fingerprint density at radius 2 is 1.67 bits per heavy atom. The number of likely N-dealkylation sites (tertiary alicyclic amines) is 1. The van der Waals surface area contributed by atoms with Crippen molar-refractivity contribution in [3.63, 3.8) is 0 Å². The van der Waals surface area contributed by atoms with Gasteiger partial charge in [-0.2, -0.15) is 0 Å². The molecule has 3 aromatic carbocycles. The van der Waals surface area contributed by atoms with Gasteiger partial charge in [0, 0.05) is 24.7 Å². The lowest BCUT2D eigenvalue weighted by molar-refractivity contribution is -0.134. The Balaban J connectivity index is 1.42. The molecule has 0 unspecified atom stereocenters. The number of hydrogen-bond donors (Lipinski definition) is 0. The minimum Gasteiger partial charge on any atom is -0.342 e. The van der Waals surface area contributed by atoms with Crippen molar-refractivity contribution < 1.29 is 9.18 Å². The highest BCUT2D eigenvalue weighted by molar-refractivity contribution is 5.84. The fourth-order valence-corrected chi connectivity index (χ4v) is 5.03. The van der Waals surface area contributed by atoms with E-state index in [9.17, 15) is 9.18 Å². The van der Waals surface area contributed by atoms with E-state index in [-0.39, 0.29) is 23.7 Å². The Kier molecular flexibility index (Phi) is 5.95. The highest BCUT2D eigenvalue weighted by atomic mass is 19.1. The van der Waals surface area contributed by atoms with Gasteiger partial charge >= 0.3 is 0 Å². The number of hydrogen-bond acceptors (Lipinski definition) is 2. The molecule has 168 valence electrons. The van der Waals surface area contributed by atoms with Crippen molar-refractivity contribution in [2.75, 3.05) is 13.1 Å². The van der Waals surface area contributed by atoms with E-state index in [2.05, 4.69) is 11.5 Å². The summed E-state index contributed by atoms with van der Waals surface area (Å²) in [6, 6.07) is 25.0. The van der Waals surface area contributed by atoms with Gasteiger partial charge in [-0.1, -0.05) is 67.6 Å². The number of carbonyl (C=O) groups is 1. The standard InChI is InChI=1S/C28H28FN3O/c1-2-24(20-9-5-3-6-10-20)28(33)31-17-15-23(16-18-31)32-26-19-22(29)13-14-25(26)30-27(32)21-11-7-4-8-12-21/h3-14,19,23-24H,2,15-18H2,1H3/t24-/m0/s1. The quantitative estimate of drug-likeness (QED) is 0.370. The number of rotatable bonds is 5. The summed E-state index contributed by atoms with van der Waals surface area (Å²) in [6.07, 6.45) is 2.42. The highest BCUT2D eigenvalue weighted by Crippen LogP contribution is 2.34. The second kappa shape index (κ2) is 9.18. The molecule has 5 rings (SSSR count). The van der Waals surface area contributed by atoms with Gasteiger partial charge in [-0.25, -0.2) is 9.37 Å². The number of amides is 1. The third-order valence-electron chi connectivity index (χ3n) is 6.73. The van der Waals surface area contributed by atoms with Crippen molar-refractivity contribution >= 4 is 16.9 Å². The van der Waals surface area contributed by atoms with E-state index in [4.69, 9.17) is 4.98 Å². The molecule has 1 saturated heterocycles. The first-order valence-electron chi connectivity index (χ1n) is 11.7. The molecule has 1 aliphatic rings. The Labute approximate surface area is 193 Å². The minimum atomic E-state index is -0.260. The highest BCUT2D eigenvalue weighted by Gasteiger charge is 2.30. The van der Waals surface area contributed by atoms with Crippen LogP contribution in [0.1, 0.15) is 43.7 Å². The summed E-state index contributed by atoms with van der Waals surface area (Å²) in [5.74, 6) is 0.694. The van der Waals surface area contributed by atoms with Crippen LogP contribution in [0, 0.1) is 5.82 Å². The van der Waals surface area contributed by atoms with Crippen molar-refractivity contribution in [1.82, 2.24) is 14.5 Å². The lowest BCUT2D eigenvalue weighted by atomic mass is 9.93. The van der Waals surface area contributed by atoms with E-state index in [1.54, 1.807) is 12.1 Å². The van der Waals surface area contributed by atoms with E-state index in [0.29, 0.717) is 13.1 Å². The number of carbonyl (C=O) groups excluding carboxylic acids is 1. The summed E-state index contributed by atoms with van der Waals surface area (Å²) in [7, 11) is 0. The minimum absolute atomic E-state index is 0.106. The van der Waals surface area contributed by atoms with E-state index in [0.717, 1.165) is 47.2 Å². The number of piperidine rings is 1. The first-order valence-corrected chi connectivity index (χ1v) is 11.7. The lowest BCUT2D eigenvalue weighted by Gasteiger charge is -2.35. The molecule has 1 atom stereocenters. The van der Waals surface area contributed by atoms with Crippen molar-refractivity contribution in [2.24, 2.45) is 0 Å². The summed E-state index contributed by atoms with van der Waals surface area (Å²) in [6.45, 7) is 3.45. The van der Waals surface area contributed by atoms with Gasteiger partial charge in [-0.05, 0) is 43.0 Å². The molecule has 1 aromatic heterocycles. The van der Waals surface area contributed by atoms with Crippen LogP contribution < -0.4 is 0 Å². The molecule has 0 aliphatic carbocycles. The molecule has 0 N–H and O–H groups in total. The topological polar surface area (TPSA) is 38.1 Å². The van der Waals surface area contributed by atoms with Crippen LogP contribution in [0.25, 0.3) is 22.4 Å². The molecule has 0 saturated carbocycles. The molecule has 0 spiro atoms. The molecule has 4 nitrogen and oxygen atoms in total. The zero-order valence-electron chi connectivity index (χ0n) is 18.8. The Hall–Kier alpha value is -3.47. The largest absolute Gasteiger partial charge is 0.342 e. The maximum Gasteiger partial charge on any atom is 0.230 e. The van der Waals surface area contributed by atoms with Crippen molar-refractivity contribution in [2.45, 2.75) is 38.1 Å². The summed E-state index contributed by atoms with van der Waals surface area (Å²) >= 11 is 0. The average Bonchev–Trinajstić information content (AvgIpc) is 3.24. The first-order chi connectivity index (χ1) is 16.2. The zero-order valence-corrected chi connectivity index (χ0v) is 18.8. The van der Waals surface area contributed by atoms with Crippen LogP contribution in [0.2, 0.25) is 0 Å². The third kappa shape index (κ3) is 4.15. The number of imidazole rings is 1. The average molecular weight is 442 g/mol. The molecule has 0 bridgehead atoms. The summed E-state index contributed by atoms with van der Waals surface area (Å²) < 4.78 is 16.3. The van der Waals surface area contributed by atoms with Gasteiger partial charge in [0.2, 0.25) is 5.91 Å². The Bertz CT molecular complexity index is 1240. The monoisotopic (exact) mass is 441 g/mol. The number of aromatic nitrogens is 2. The summed E-state index contributed by atoms with van der Waals surface area (Å²) in [5, 5.41) is 0. The Morgan fingerprint density at radius 3 is 2.33 bits per heavy atom. The van der Waals surface area contributed by atoms with E-state index in [1.807, 2.05) is 65.6 Å². The zero-order chi connectivity index (χ0) is 22.8. The summed E-state index contributed by atoms with van der Waals surface area (Å²) in [4.78, 5) is 20.2. The van der Waals surface area contributed by atoms with Crippen LogP contribution in [0.15, 0.2) is 78.9 Å². The van der Waals surface area contributed by atoms with Crippen molar-refractivity contribution in [1.29, 1.82) is 0 Å². The van der Waals surface area contributed by atoms with E-state index in [1.165, 1.54) is 6.07 Å². The fraction of sp³-hybridized carbons (Fsp3) is 0.286. The maximum absolute atomic E-state index is 14.2. The second-order valence-corrected chi connectivity index (χ2v) is 8.73. The van der Waals surface area contributed by atoms with Gasteiger partial charge in [-0.3, -0.25) is 4.79 Å². The van der Waals surface area contributed by atoms with Gasteiger partial charge in [0.05, 0.1) is 17.0 Å². The van der Waals surface area contributed by atoms with Gasteiger partial charge in [0.25, 0.3) is 0 Å². The van der Waals surface area contributed by atoms with Crippen molar-refractivity contribution in [3.8, 4) is 11.4 Å². The van der Waals surface area contributed by atoms with Crippen LogP contribution in [0.3, 0.4) is 0 Å². The molecule has 4 aromatic rings. The van der Waals surface area contributed by atoms with Gasteiger partial charge in [0.1, 0.15) is 11.6 Å². The van der Waals surface area contributed by atoms with Crippen LogP contribution in [0.5, 0.6) is 0 Å². The second-order valence-electron chi connectivity index (χ2n) is 8.73. The predicted molar refractivity (Wildman–Crippen MR) is 129 cm³/mol. The van der Waals surface area contributed by atoms with Gasteiger partial charge in [0.15, 0.2) is 0 Å². The third-order valence-corrected chi connectivity index (χ3v) is 6.73. The maximum atomic E-state index is 14.2. The predicted octanol–water partition coefficient (Wildman–Crippen LogP) is 6.20. The smallest absolute Gasteiger partial charge is 0.230 e. The number of fused-ring (bicyclic) bond motifs is 1. The van der Waals surface area contributed by atoms with Crippen LogP contribution in [-0.4, -0.2) is 33.4 Å². The van der Waals surface area contributed by atoms with Crippen LogP contribution >= 0.6 is 0 Å². The molecule has 1 amide bonds. The fourth-order valence-electron chi connectivity index (χ4n) is 5.03. The van der Waals surface area contributed by atoms with E-state index < -0.39 is 0 Å². The van der Waals surface area contributed by atoms with Gasteiger partial charge in [-0.15, -0.1) is 0 Å². The first kappa shape index (κ1) is 21.4. The van der Waals surface area contributed by atoms with Crippen LogP contribution in [-0.2, 0) is 4.79 Å². The van der Waals surface area contributed by atoms with Crippen molar-refractivity contribution in [3.05, 3.63) is 90.2 Å². The van der Waals surface area contributed by atoms with Crippen LogP contribution in [0.4, 0.5) is 4.39 Å². The van der Waals surface area contributed by atoms with E-state index >= 15 is 0 Å². The number of benzene rings is 3. The summed E-state index contributed by atoms with van der Waals surface area (Å²) in [5.41, 5.74) is 3.70. The molecule has 5 heteroatoms. The SMILES string of the molecule is CC[C@H](C(=O)N1CCC(n2c(-c3ccccc3)nc3ccc(F)cc32)CC1)c1ccccc1. The molecule has 0 radical (unpaired) electrons.